The van der Waals surface area contributed by atoms with E-state index in [0.29, 0.717) is 17.5 Å². The zero-order valence-corrected chi connectivity index (χ0v) is 10.9. The van der Waals surface area contributed by atoms with Crippen LogP contribution in [0, 0.1) is 23.1 Å². The summed E-state index contributed by atoms with van der Waals surface area (Å²) in [4.78, 5) is 2.04. The van der Waals surface area contributed by atoms with Crippen LogP contribution in [0.2, 0.25) is 0 Å². The fourth-order valence-corrected chi connectivity index (χ4v) is 1.98. The second-order valence-electron chi connectivity index (χ2n) is 4.86. The quantitative estimate of drug-likeness (QED) is 0.796. The summed E-state index contributed by atoms with van der Waals surface area (Å²) < 4.78 is 13.0. The van der Waals surface area contributed by atoms with Crippen molar-refractivity contribution in [2.24, 2.45) is 5.92 Å². The van der Waals surface area contributed by atoms with Crippen LogP contribution in [0.25, 0.3) is 0 Å². The summed E-state index contributed by atoms with van der Waals surface area (Å²) in [6.45, 7) is 6.45. The van der Waals surface area contributed by atoms with Crippen LogP contribution in [0.15, 0.2) is 18.2 Å². The summed E-state index contributed by atoms with van der Waals surface area (Å²) in [7, 11) is 1.95. The van der Waals surface area contributed by atoms with Crippen molar-refractivity contribution in [3.63, 3.8) is 0 Å². The van der Waals surface area contributed by atoms with Gasteiger partial charge in [0, 0.05) is 13.1 Å². The van der Waals surface area contributed by atoms with Crippen molar-refractivity contribution in [3.8, 4) is 6.07 Å². The second-order valence-corrected chi connectivity index (χ2v) is 4.86. The first-order valence-electron chi connectivity index (χ1n) is 5.88. The summed E-state index contributed by atoms with van der Waals surface area (Å²) in [5.74, 6) is 0.230. The minimum Gasteiger partial charge on any atom is -0.371 e. The SMILES string of the molecule is CC(C)CC(C)N(C)c1ccc(F)cc1C#N. The Labute approximate surface area is 103 Å². The van der Waals surface area contributed by atoms with Crippen LogP contribution in [0.5, 0.6) is 0 Å². The smallest absolute Gasteiger partial charge is 0.124 e. The van der Waals surface area contributed by atoms with Crippen LogP contribution in [0.1, 0.15) is 32.8 Å². The van der Waals surface area contributed by atoms with Gasteiger partial charge in [-0.05, 0) is 37.5 Å². The zero-order valence-electron chi connectivity index (χ0n) is 10.9. The molecule has 1 unspecified atom stereocenters. The van der Waals surface area contributed by atoms with E-state index in [1.165, 1.54) is 12.1 Å². The Balaban J connectivity index is 2.96. The number of rotatable bonds is 4. The highest BCUT2D eigenvalue weighted by molar-refractivity contribution is 5.59. The molecule has 1 rings (SSSR count). The van der Waals surface area contributed by atoms with E-state index < -0.39 is 0 Å². The molecular weight excluding hydrogens is 215 g/mol. The van der Waals surface area contributed by atoms with Crippen molar-refractivity contribution in [1.29, 1.82) is 5.26 Å². The Morgan fingerprint density at radius 3 is 2.53 bits per heavy atom. The van der Waals surface area contributed by atoms with E-state index in [2.05, 4.69) is 20.8 Å². The van der Waals surface area contributed by atoms with E-state index in [1.54, 1.807) is 6.07 Å². The molecule has 0 saturated carbocycles. The molecule has 2 nitrogen and oxygen atoms in total. The maximum Gasteiger partial charge on any atom is 0.124 e. The summed E-state index contributed by atoms with van der Waals surface area (Å²) in [5, 5.41) is 9.01. The third-order valence-corrected chi connectivity index (χ3v) is 2.93. The van der Waals surface area contributed by atoms with Crippen LogP contribution in [-0.4, -0.2) is 13.1 Å². The third-order valence-electron chi connectivity index (χ3n) is 2.93. The number of halogens is 1. The first-order chi connectivity index (χ1) is 7.95. The Hall–Kier alpha value is -1.56. The molecule has 0 spiro atoms. The molecule has 0 aliphatic carbocycles. The average Bonchev–Trinajstić information content (AvgIpc) is 2.27. The summed E-state index contributed by atoms with van der Waals surface area (Å²) >= 11 is 0. The van der Waals surface area contributed by atoms with E-state index in [1.807, 2.05) is 18.0 Å². The largest absolute Gasteiger partial charge is 0.371 e. The molecule has 3 heteroatoms. The molecule has 0 fully saturated rings. The number of hydrogen-bond acceptors (Lipinski definition) is 2. The molecule has 0 aromatic heterocycles. The highest BCUT2D eigenvalue weighted by Gasteiger charge is 2.15. The van der Waals surface area contributed by atoms with Gasteiger partial charge in [-0.25, -0.2) is 4.39 Å². The molecule has 17 heavy (non-hydrogen) atoms. The molecule has 0 aliphatic rings. The van der Waals surface area contributed by atoms with Gasteiger partial charge in [0.2, 0.25) is 0 Å². The van der Waals surface area contributed by atoms with E-state index in [-0.39, 0.29) is 5.82 Å². The van der Waals surface area contributed by atoms with Gasteiger partial charge in [-0.1, -0.05) is 13.8 Å². The molecule has 1 aromatic carbocycles. The highest BCUT2D eigenvalue weighted by atomic mass is 19.1. The summed E-state index contributed by atoms with van der Waals surface area (Å²) in [6, 6.07) is 6.72. The first-order valence-corrected chi connectivity index (χ1v) is 5.88. The average molecular weight is 234 g/mol. The van der Waals surface area contributed by atoms with Gasteiger partial charge in [0.25, 0.3) is 0 Å². The Morgan fingerprint density at radius 2 is 2.00 bits per heavy atom. The van der Waals surface area contributed by atoms with E-state index >= 15 is 0 Å². The number of anilines is 1. The van der Waals surface area contributed by atoms with Gasteiger partial charge in [-0.2, -0.15) is 5.26 Å². The van der Waals surface area contributed by atoms with Gasteiger partial charge >= 0.3 is 0 Å². The molecular formula is C14H19FN2. The van der Waals surface area contributed by atoms with Crippen molar-refractivity contribution >= 4 is 5.69 Å². The molecule has 1 aromatic rings. The molecule has 0 N–H and O–H groups in total. The second kappa shape index (κ2) is 5.67. The van der Waals surface area contributed by atoms with Crippen LogP contribution < -0.4 is 4.90 Å². The minimum absolute atomic E-state index is 0.326. The molecule has 92 valence electrons. The molecule has 0 heterocycles. The predicted molar refractivity (Wildman–Crippen MR) is 68.4 cm³/mol. The van der Waals surface area contributed by atoms with Gasteiger partial charge in [0.1, 0.15) is 11.9 Å². The van der Waals surface area contributed by atoms with E-state index in [0.717, 1.165) is 12.1 Å². The zero-order chi connectivity index (χ0) is 13.0. The fourth-order valence-electron chi connectivity index (χ4n) is 1.98. The molecule has 0 saturated heterocycles. The highest BCUT2D eigenvalue weighted by Crippen LogP contribution is 2.23. The lowest BCUT2D eigenvalue weighted by molar-refractivity contribution is 0.503. The van der Waals surface area contributed by atoms with E-state index in [9.17, 15) is 4.39 Å². The molecule has 0 radical (unpaired) electrons. The number of hydrogen-bond donors (Lipinski definition) is 0. The van der Waals surface area contributed by atoms with Crippen molar-refractivity contribution in [3.05, 3.63) is 29.6 Å². The first kappa shape index (κ1) is 13.5. The standard InChI is InChI=1S/C14H19FN2/c1-10(2)7-11(3)17(4)14-6-5-13(15)8-12(14)9-16/h5-6,8,10-11H,7H2,1-4H3. The van der Waals surface area contributed by atoms with Crippen LogP contribution in [0.4, 0.5) is 10.1 Å². The normalized spacial score (nSPS) is 12.3. The summed E-state index contributed by atoms with van der Waals surface area (Å²) in [5.41, 5.74) is 1.19. The van der Waals surface area contributed by atoms with Gasteiger partial charge < -0.3 is 4.90 Å². The molecule has 0 aliphatic heterocycles. The Morgan fingerprint density at radius 1 is 1.35 bits per heavy atom. The molecule has 0 bridgehead atoms. The topological polar surface area (TPSA) is 27.0 Å². The van der Waals surface area contributed by atoms with Crippen molar-refractivity contribution in [2.45, 2.75) is 33.2 Å². The number of nitrogens with zero attached hydrogens (tertiary/aromatic N) is 2. The maximum atomic E-state index is 13.0. The lowest BCUT2D eigenvalue weighted by atomic mass is 10.0. The van der Waals surface area contributed by atoms with Crippen LogP contribution >= 0.6 is 0 Å². The van der Waals surface area contributed by atoms with Gasteiger partial charge in [0.15, 0.2) is 0 Å². The van der Waals surface area contributed by atoms with Gasteiger partial charge in [-0.3, -0.25) is 0 Å². The summed E-state index contributed by atoms with van der Waals surface area (Å²) in [6.07, 6.45) is 1.04. The van der Waals surface area contributed by atoms with E-state index in [4.69, 9.17) is 5.26 Å². The van der Waals surface area contributed by atoms with Crippen molar-refractivity contribution in [2.75, 3.05) is 11.9 Å². The lowest BCUT2D eigenvalue weighted by Gasteiger charge is -2.29. The number of nitriles is 1. The van der Waals surface area contributed by atoms with Crippen LogP contribution in [0.3, 0.4) is 0 Å². The van der Waals surface area contributed by atoms with Gasteiger partial charge in [-0.15, -0.1) is 0 Å². The Bertz CT molecular complexity index is 421. The molecule has 0 amide bonds. The third kappa shape index (κ3) is 3.45. The van der Waals surface area contributed by atoms with Crippen LogP contribution in [-0.2, 0) is 0 Å². The lowest BCUT2D eigenvalue weighted by Crippen LogP contribution is -2.30. The fraction of sp³-hybridized carbons (Fsp3) is 0.500. The number of benzene rings is 1. The van der Waals surface area contributed by atoms with Crippen molar-refractivity contribution < 1.29 is 4.39 Å². The van der Waals surface area contributed by atoms with Gasteiger partial charge in [0.05, 0.1) is 11.3 Å². The molecule has 1 atom stereocenters. The predicted octanol–water partition coefficient (Wildman–Crippen LogP) is 3.57. The van der Waals surface area contributed by atoms with Crippen molar-refractivity contribution in [1.82, 2.24) is 0 Å². The Kier molecular flexibility index (Phi) is 4.51. The minimum atomic E-state index is -0.366. The maximum absolute atomic E-state index is 13.0. The monoisotopic (exact) mass is 234 g/mol.